The van der Waals surface area contributed by atoms with Crippen molar-refractivity contribution in [1.29, 1.82) is 0 Å². The minimum absolute atomic E-state index is 0.309. The molecule has 4 nitrogen and oxygen atoms in total. The molecule has 0 bridgehead atoms. The first-order valence-corrected chi connectivity index (χ1v) is 5.19. The van der Waals surface area contributed by atoms with Gasteiger partial charge in [-0.05, 0) is 34.6 Å². The Morgan fingerprint density at radius 3 is 2.47 bits per heavy atom. The molecule has 0 aromatic carbocycles. The molecule has 4 heteroatoms. The Morgan fingerprint density at radius 2 is 2.07 bits per heavy atom. The molecule has 0 aliphatic rings. The number of aryl methyl sites for hydroxylation is 2. The highest BCUT2D eigenvalue weighted by atomic mass is 16.5. The molecule has 0 aliphatic heterocycles. The van der Waals surface area contributed by atoms with Crippen molar-refractivity contribution in [3.05, 3.63) is 17.0 Å². The summed E-state index contributed by atoms with van der Waals surface area (Å²) in [5.74, 6) is 0.835. The fraction of sp³-hybridized carbons (Fsp3) is 0.727. The van der Waals surface area contributed by atoms with Crippen LogP contribution in [-0.2, 0) is 6.54 Å². The lowest BCUT2D eigenvalue weighted by molar-refractivity contribution is 0.0955. The predicted octanol–water partition coefficient (Wildman–Crippen LogP) is 1.54. The van der Waals surface area contributed by atoms with Gasteiger partial charge in [-0.3, -0.25) is 0 Å². The highest BCUT2D eigenvalue weighted by Gasteiger charge is 2.24. The largest absolute Gasteiger partial charge is 0.392 e. The van der Waals surface area contributed by atoms with Crippen LogP contribution in [0.25, 0.3) is 0 Å². The van der Waals surface area contributed by atoms with Crippen LogP contribution in [0.3, 0.4) is 0 Å². The molecule has 1 atom stereocenters. The van der Waals surface area contributed by atoms with Crippen molar-refractivity contribution < 1.29 is 9.63 Å². The molecule has 1 aromatic heterocycles. The summed E-state index contributed by atoms with van der Waals surface area (Å²) < 4.78 is 5.07. The molecular formula is C11H20N2O2. The molecule has 1 aromatic rings. The van der Waals surface area contributed by atoms with E-state index in [9.17, 15) is 5.11 Å². The van der Waals surface area contributed by atoms with Crippen LogP contribution in [0.15, 0.2) is 4.52 Å². The zero-order chi connectivity index (χ0) is 11.6. The number of rotatable bonds is 4. The van der Waals surface area contributed by atoms with E-state index in [1.807, 2.05) is 27.7 Å². The molecule has 86 valence electrons. The van der Waals surface area contributed by atoms with Gasteiger partial charge in [0.2, 0.25) is 0 Å². The summed E-state index contributed by atoms with van der Waals surface area (Å²) in [5.41, 5.74) is 1.67. The Hall–Kier alpha value is -0.870. The molecule has 15 heavy (non-hydrogen) atoms. The first kappa shape index (κ1) is 12.2. The van der Waals surface area contributed by atoms with Crippen LogP contribution < -0.4 is 5.32 Å². The van der Waals surface area contributed by atoms with Crippen LogP contribution in [0, 0.1) is 13.8 Å². The van der Waals surface area contributed by atoms with E-state index >= 15 is 0 Å². The average Bonchev–Trinajstić information content (AvgIpc) is 2.43. The van der Waals surface area contributed by atoms with E-state index < -0.39 is 6.10 Å². The maximum Gasteiger partial charge on any atom is 0.138 e. The van der Waals surface area contributed by atoms with Crippen molar-refractivity contribution in [3.8, 4) is 0 Å². The van der Waals surface area contributed by atoms with E-state index in [2.05, 4.69) is 10.5 Å². The zero-order valence-corrected chi connectivity index (χ0v) is 10.1. The van der Waals surface area contributed by atoms with Crippen molar-refractivity contribution in [3.63, 3.8) is 0 Å². The van der Waals surface area contributed by atoms with Gasteiger partial charge in [-0.15, -0.1) is 0 Å². The molecule has 0 amide bonds. The van der Waals surface area contributed by atoms with Gasteiger partial charge >= 0.3 is 0 Å². The lowest BCUT2D eigenvalue weighted by Crippen LogP contribution is -2.47. The fourth-order valence-corrected chi connectivity index (χ4v) is 1.22. The normalized spacial score (nSPS) is 14.3. The van der Waals surface area contributed by atoms with Gasteiger partial charge in [0, 0.05) is 17.6 Å². The summed E-state index contributed by atoms with van der Waals surface area (Å²) in [7, 11) is 0. The highest BCUT2D eigenvalue weighted by Crippen LogP contribution is 2.15. The van der Waals surface area contributed by atoms with E-state index in [4.69, 9.17) is 4.52 Å². The Balaban J connectivity index is 2.65. The third-order valence-corrected chi connectivity index (χ3v) is 2.95. The van der Waals surface area contributed by atoms with Crippen LogP contribution in [0.2, 0.25) is 0 Å². The summed E-state index contributed by atoms with van der Waals surface area (Å²) in [5, 5.41) is 16.7. The van der Waals surface area contributed by atoms with Gasteiger partial charge in [-0.1, -0.05) is 5.16 Å². The lowest BCUT2D eigenvalue weighted by Gasteiger charge is -2.29. The van der Waals surface area contributed by atoms with E-state index in [0.717, 1.165) is 17.0 Å². The monoisotopic (exact) mass is 212 g/mol. The standard InChI is InChI=1S/C11H20N2O2/c1-7-10(8(2)15-13-7)6-12-11(4,5)9(3)14/h9,12,14H,6H2,1-5H3. The second kappa shape index (κ2) is 4.33. The van der Waals surface area contributed by atoms with Crippen molar-refractivity contribution in [1.82, 2.24) is 10.5 Å². The Labute approximate surface area is 90.7 Å². The quantitative estimate of drug-likeness (QED) is 0.795. The number of aliphatic hydroxyl groups is 1. The van der Waals surface area contributed by atoms with Gasteiger partial charge < -0.3 is 14.9 Å². The molecular weight excluding hydrogens is 192 g/mol. The summed E-state index contributed by atoms with van der Waals surface area (Å²) in [4.78, 5) is 0. The highest BCUT2D eigenvalue weighted by molar-refractivity contribution is 5.20. The van der Waals surface area contributed by atoms with Crippen LogP contribution in [0.1, 0.15) is 37.8 Å². The fourth-order valence-electron chi connectivity index (χ4n) is 1.22. The molecule has 0 fully saturated rings. The van der Waals surface area contributed by atoms with Gasteiger partial charge in [-0.2, -0.15) is 0 Å². The lowest BCUT2D eigenvalue weighted by atomic mass is 9.98. The molecule has 0 spiro atoms. The van der Waals surface area contributed by atoms with E-state index in [-0.39, 0.29) is 5.54 Å². The molecule has 0 saturated carbocycles. The topological polar surface area (TPSA) is 58.3 Å². The average molecular weight is 212 g/mol. The minimum atomic E-state index is -0.405. The molecule has 1 unspecified atom stereocenters. The Kier molecular flexibility index (Phi) is 3.52. The van der Waals surface area contributed by atoms with E-state index in [1.165, 1.54) is 0 Å². The molecule has 0 saturated heterocycles. The van der Waals surface area contributed by atoms with Gasteiger partial charge in [0.25, 0.3) is 0 Å². The van der Waals surface area contributed by atoms with Gasteiger partial charge in [0.15, 0.2) is 0 Å². The molecule has 1 rings (SSSR count). The first-order chi connectivity index (χ1) is 6.84. The number of hydrogen-bond donors (Lipinski definition) is 2. The summed E-state index contributed by atoms with van der Waals surface area (Å²) in [6.45, 7) is 10.2. The van der Waals surface area contributed by atoms with Crippen molar-refractivity contribution in [2.24, 2.45) is 0 Å². The number of hydrogen-bond acceptors (Lipinski definition) is 4. The van der Waals surface area contributed by atoms with Crippen LogP contribution in [0.4, 0.5) is 0 Å². The second-order valence-electron chi connectivity index (χ2n) is 4.55. The Bertz CT molecular complexity index is 310. The minimum Gasteiger partial charge on any atom is -0.392 e. The number of nitrogens with zero attached hydrogens (tertiary/aromatic N) is 1. The van der Waals surface area contributed by atoms with E-state index in [1.54, 1.807) is 6.92 Å². The smallest absolute Gasteiger partial charge is 0.138 e. The molecule has 0 aliphatic carbocycles. The zero-order valence-electron chi connectivity index (χ0n) is 10.1. The predicted molar refractivity (Wildman–Crippen MR) is 58.6 cm³/mol. The van der Waals surface area contributed by atoms with Crippen molar-refractivity contribution in [2.45, 2.75) is 52.8 Å². The van der Waals surface area contributed by atoms with E-state index in [0.29, 0.717) is 6.54 Å². The van der Waals surface area contributed by atoms with Gasteiger partial charge in [0.05, 0.1) is 11.8 Å². The number of aliphatic hydroxyl groups excluding tert-OH is 1. The molecule has 0 radical (unpaired) electrons. The summed E-state index contributed by atoms with van der Waals surface area (Å²) in [6, 6.07) is 0. The van der Waals surface area contributed by atoms with Gasteiger partial charge in [-0.25, -0.2) is 0 Å². The maximum absolute atomic E-state index is 9.55. The molecule has 1 heterocycles. The van der Waals surface area contributed by atoms with Crippen molar-refractivity contribution >= 4 is 0 Å². The van der Waals surface area contributed by atoms with Crippen molar-refractivity contribution in [2.75, 3.05) is 0 Å². The second-order valence-corrected chi connectivity index (χ2v) is 4.55. The maximum atomic E-state index is 9.55. The van der Waals surface area contributed by atoms with Crippen LogP contribution in [-0.4, -0.2) is 21.9 Å². The SMILES string of the molecule is Cc1noc(C)c1CNC(C)(C)C(C)O. The third-order valence-electron chi connectivity index (χ3n) is 2.95. The summed E-state index contributed by atoms with van der Waals surface area (Å²) in [6.07, 6.45) is -0.405. The third kappa shape index (κ3) is 2.79. The van der Waals surface area contributed by atoms with Gasteiger partial charge in [0.1, 0.15) is 5.76 Å². The number of nitrogens with one attached hydrogen (secondary N) is 1. The van der Waals surface area contributed by atoms with Crippen LogP contribution >= 0.6 is 0 Å². The Morgan fingerprint density at radius 1 is 1.47 bits per heavy atom. The summed E-state index contributed by atoms with van der Waals surface area (Å²) >= 11 is 0. The van der Waals surface area contributed by atoms with Crippen LogP contribution in [0.5, 0.6) is 0 Å². The molecule has 2 N–H and O–H groups in total. The number of aromatic nitrogens is 1. The first-order valence-electron chi connectivity index (χ1n) is 5.19.